The summed E-state index contributed by atoms with van der Waals surface area (Å²) in [5.74, 6) is 0. The van der Waals surface area contributed by atoms with Crippen LogP contribution in [-0.2, 0) is 5.54 Å². The molecular weight excluding hydrogens is 216 g/mol. The van der Waals surface area contributed by atoms with Crippen molar-refractivity contribution in [2.45, 2.75) is 10.4 Å². The predicted octanol–water partition coefficient (Wildman–Crippen LogP) is 1.59. The Morgan fingerprint density at radius 2 is 1.86 bits per heavy atom. The lowest BCUT2D eigenvalue weighted by atomic mass is 9.85. The van der Waals surface area contributed by atoms with Gasteiger partial charge in [0, 0.05) is 18.0 Å². The Morgan fingerprint density at radius 1 is 1.29 bits per heavy atom. The summed E-state index contributed by atoms with van der Waals surface area (Å²) in [7, 11) is 0. The molecule has 1 aromatic carbocycles. The lowest BCUT2D eigenvalue weighted by Gasteiger charge is -2.39. The van der Waals surface area contributed by atoms with Crippen LogP contribution in [0.1, 0.15) is 5.56 Å². The van der Waals surface area contributed by atoms with Gasteiger partial charge in [-0.25, -0.2) is 0 Å². The molecule has 0 aliphatic carbocycles. The Morgan fingerprint density at radius 3 is 2.21 bits per heavy atom. The van der Waals surface area contributed by atoms with Crippen LogP contribution in [0.5, 0.6) is 0 Å². The number of rotatable bonds is 2. The number of halogens is 1. The molecule has 1 aromatic rings. The van der Waals surface area contributed by atoms with Gasteiger partial charge in [0.05, 0.1) is 5.54 Å². The van der Waals surface area contributed by atoms with Crippen molar-refractivity contribution in [3.05, 3.63) is 29.8 Å². The average molecular weight is 231 g/mol. The van der Waals surface area contributed by atoms with Crippen LogP contribution in [0.2, 0.25) is 0 Å². The van der Waals surface area contributed by atoms with Crippen LogP contribution >= 0.6 is 24.2 Å². The van der Waals surface area contributed by atoms with E-state index in [4.69, 9.17) is 5.73 Å². The Balaban J connectivity index is 0.000000980. The average Bonchev–Trinajstić information content (AvgIpc) is 2.14. The molecule has 78 valence electrons. The highest BCUT2D eigenvalue weighted by Crippen LogP contribution is 2.24. The summed E-state index contributed by atoms with van der Waals surface area (Å²) < 4.78 is 0. The van der Waals surface area contributed by atoms with Crippen molar-refractivity contribution in [3.63, 3.8) is 0 Å². The molecule has 0 aromatic heterocycles. The van der Waals surface area contributed by atoms with E-state index in [1.807, 2.05) is 0 Å². The van der Waals surface area contributed by atoms with Crippen LogP contribution in [0, 0.1) is 0 Å². The van der Waals surface area contributed by atoms with Crippen molar-refractivity contribution in [3.8, 4) is 0 Å². The first-order valence-corrected chi connectivity index (χ1v) is 5.61. The highest BCUT2D eigenvalue weighted by atomic mass is 35.5. The lowest BCUT2D eigenvalue weighted by molar-refractivity contribution is 0.287. The molecule has 0 amide bonds. The normalized spacial score (nSPS) is 18.1. The number of benzene rings is 1. The van der Waals surface area contributed by atoms with Crippen molar-refractivity contribution < 1.29 is 0 Å². The third kappa shape index (κ3) is 2.06. The number of thioether (sulfide) groups is 1. The fourth-order valence-corrected chi connectivity index (χ4v) is 1.93. The molecule has 2 rings (SSSR count). The molecule has 1 saturated heterocycles. The smallest absolute Gasteiger partial charge is 0.0662 e. The summed E-state index contributed by atoms with van der Waals surface area (Å²) >= 11 is 1.76. The first-order valence-electron chi connectivity index (χ1n) is 4.39. The topological polar surface area (TPSA) is 38.0 Å². The van der Waals surface area contributed by atoms with E-state index >= 15 is 0 Å². The molecule has 0 unspecified atom stereocenters. The predicted molar refractivity (Wildman–Crippen MR) is 64.2 cm³/mol. The van der Waals surface area contributed by atoms with Gasteiger partial charge in [-0.3, -0.25) is 0 Å². The third-order valence-corrected chi connectivity index (χ3v) is 3.29. The fourth-order valence-electron chi connectivity index (χ4n) is 1.52. The Kier molecular flexibility index (Phi) is 3.84. The van der Waals surface area contributed by atoms with Crippen LogP contribution in [0.3, 0.4) is 0 Å². The molecule has 0 bridgehead atoms. The van der Waals surface area contributed by atoms with Crippen molar-refractivity contribution in [2.75, 3.05) is 19.3 Å². The van der Waals surface area contributed by atoms with Crippen LogP contribution in [0.4, 0.5) is 0 Å². The second kappa shape index (κ2) is 4.53. The largest absolute Gasteiger partial charge is 0.319 e. The summed E-state index contributed by atoms with van der Waals surface area (Å²) in [5.41, 5.74) is 7.27. The van der Waals surface area contributed by atoms with Gasteiger partial charge in [0.2, 0.25) is 0 Å². The SMILES string of the molecule is CSc1ccc(C2(N)CNC2)cc1.Cl. The molecule has 1 heterocycles. The van der Waals surface area contributed by atoms with Gasteiger partial charge in [0.25, 0.3) is 0 Å². The van der Waals surface area contributed by atoms with Crippen LogP contribution in [0.25, 0.3) is 0 Å². The molecule has 0 spiro atoms. The van der Waals surface area contributed by atoms with E-state index in [2.05, 4.69) is 35.8 Å². The highest BCUT2D eigenvalue weighted by molar-refractivity contribution is 7.98. The van der Waals surface area contributed by atoms with Crippen LogP contribution in [0.15, 0.2) is 29.2 Å². The van der Waals surface area contributed by atoms with Gasteiger partial charge in [0.15, 0.2) is 0 Å². The molecule has 1 aliphatic rings. The van der Waals surface area contributed by atoms with Gasteiger partial charge in [-0.15, -0.1) is 24.2 Å². The highest BCUT2D eigenvalue weighted by Gasteiger charge is 2.33. The zero-order valence-electron chi connectivity index (χ0n) is 8.12. The maximum Gasteiger partial charge on any atom is 0.0662 e. The molecular formula is C10H15ClN2S. The molecule has 0 radical (unpaired) electrons. The van der Waals surface area contributed by atoms with E-state index in [1.165, 1.54) is 10.5 Å². The summed E-state index contributed by atoms with van der Waals surface area (Å²) in [6.07, 6.45) is 2.08. The molecule has 14 heavy (non-hydrogen) atoms. The molecule has 0 atom stereocenters. The quantitative estimate of drug-likeness (QED) is 0.758. The van der Waals surface area contributed by atoms with Crippen molar-refractivity contribution in [1.82, 2.24) is 5.32 Å². The van der Waals surface area contributed by atoms with Gasteiger partial charge in [-0.2, -0.15) is 0 Å². The minimum atomic E-state index is -0.114. The minimum Gasteiger partial charge on any atom is -0.319 e. The van der Waals surface area contributed by atoms with E-state index in [0.29, 0.717) is 0 Å². The number of nitrogens with two attached hydrogens (primary N) is 1. The standard InChI is InChI=1S/C10H14N2S.ClH/c1-13-9-4-2-8(3-5-9)10(11)6-12-7-10;/h2-5,12H,6-7,11H2,1H3;1H. The van der Waals surface area contributed by atoms with E-state index < -0.39 is 0 Å². The summed E-state index contributed by atoms with van der Waals surface area (Å²) in [6.45, 7) is 1.79. The molecule has 3 N–H and O–H groups in total. The second-order valence-corrected chi connectivity index (χ2v) is 4.37. The van der Waals surface area contributed by atoms with Gasteiger partial charge in [-0.1, -0.05) is 12.1 Å². The Labute approximate surface area is 95.1 Å². The van der Waals surface area contributed by atoms with Gasteiger partial charge in [0.1, 0.15) is 0 Å². The van der Waals surface area contributed by atoms with Gasteiger partial charge >= 0.3 is 0 Å². The minimum absolute atomic E-state index is 0. The number of nitrogens with one attached hydrogen (secondary N) is 1. The molecule has 1 fully saturated rings. The zero-order valence-corrected chi connectivity index (χ0v) is 9.75. The molecule has 1 aliphatic heterocycles. The second-order valence-electron chi connectivity index (χ2n) is 3.49. The van der Waals surface area contributed by atoms with E-state index in [-0.39, 0.29) is 17.9 Å². The van der Waals surface area contributed by atoms with Crippen molar-refractivity contribution >= 4 is 24.2 Å². The summed E-state index contributed by atoms with van der Waals surface area (Å²) in [4.78, 5) is 1.29. The van der Waals surface area contributed by atoms with E-state index in [0.717, 1.165) is 13.1 Å². The van der Waals surface area contributed by atoms with Gasteiger partial charge in [-0.05, 0) is 24.0 Å². The van der Waals surface area contributed by atoms with Crippen molar-refractivity contribution in [2.24, 2.45) is 5.73 Å². The number of hydrogen-bond acceptors (Lipinski definition) is 3. The zero-order chi connectivity index (χ0) is 9.31. The Hall–Kier alpha value is -0.220. The maximum atomic E-state index is 6.15. The van der Waals surface area contributed by atoms with E-state index in [9.17, 15) is 0 Å². The van der Waals surface area contributed by atoms with Crippen molar-refractivity contribution in [1.29, 1.82) is 0 Å². The number of hydrogen-bond donors (Lipinski definition) is 2. The molecule has 2 nitrogen and oxygen atoms in total. The first kappa shape index (κ1) is 11.9. The third-order valence-electron chi connectivity index (χ3n) is 2.55. The maximum absolute atomic E-state index is 6.15. The van der Waals surface area contributed by atoms with E-state index in [1.54, 1.807) is 11.8 Å². The Bertz CT molecular complexity index is 295. The van der Waals surface area contributed by atoms with Crippen LogP contribution < -0.4 is 11.1 Å². The molecule has 4 heteroatoms. The van der Waals surface area contributed by atoms with Crippen LogP contribution in [-0.4, -0.2) is 19.3 Å². The molecule has 0 saturated carbocycles. The lowest BCUT2D eigenvalue weighted by Crippen LogP contribution is -2.62. The fraction of sp³-hybridized carbons (Fsp3) is 0.400. The van der Waals surface area contributed by atoms with Gasteiger partial charge < -0.3 is 11.1 Å². The summed E-state index contributed by atoms with van der Waals surface area (Å²) in [6, 6.07) is 8.53. The summed E-state index contributed by atoms with van der Waals surface area (Å²) in [5, 5.41) is 3.20. The first-order chi connectivity index (χ1) is 6.24. The monoisotopic (exact) mass is 230 g/mol.